The number of aryl methyl sites for hydroxylation is 1. The van der Waals surface area contributed by atoms with Crippen LogP contribution in [-0.4, -0.2) is 24.7 Å². The van der Waals surface area contributed by atoms with Crippen LogP contribution in [0, 0.1) is 0 Å². The van der Waals surface area contributed by atoms with Gasteiger partial charge in [0.1, 0.15) is 22.7 Å². The van der Waals surface area contributed by atoms with Crippen molar-refractivity contribution in [2.75, 3.05) is 0 Å². The van der Waals surface area contributed by atoms with E-state index < -0.39 is 0 Å². The molecule has 0 fully saturated rings. The van der Waals surface area contributed by atoms with Gasteiger partial charge in [-0.1, -0.05) is 30.3 Å². The van der Waals surface area contributed by atoms with Crippen LogP contribution < -0.4 is 5.56 Å². The molecule has 5 rings (SSSR count). The number of benzene rings is 1. The van der Waals surface area contributed by atoms with Gasteiger partial charge in [0, 0.05) is 18.4 Å². The van der Waals surface area contributed by atoms with Gasteiger partial charge in [0.25, 0.3) is 5.56 Å². The van der Waals surface area contributed by atoms with Gasteiger partial charge in [0.2, 0.25) is 5.58 Å². The number of aromatic nitrogens is 5. The summed E-state index contributed by atoms with van der Waals surface area (Å²) in [6.45, 7) is 0.958. The molecule has 1 aliphatic rings. The highest BCUT2D eigenvalue weighted by Gasteiger charge is 2.17. The Kier molecular flexibility index (Phi) is 3.77. The van der Waals surface area contributed by atoms with Crippen LogP contribution in [0.15, 0.2) is 38.6 Å². The van der Waals surface area contributed by atoms with Gasteiger partial charge in [-0.25, -0.2) is 4.98 Å². The SMILES string of the molecule is O=c1[nH]c(CSc2nnc3n2CCCCC3)nc2c1oc1ccccc12. The molecule has 132 valence electrons. The van der Waals surface area contributed by atoms with E-state index in [1.165, 1.54) is 12.8 Å². The van der Waals surface area contributed by atoms with Crippen LogP contribution in [0.5, 0.6) is 0 Å². The van der Waals surface area contributed by atoms with Gasteiger partial charge in [-0.05, 0) is 25.0 Å². The molecule has 0 saturated carbocycles. The third-order valence-corrected chi connectivity index (χ3v) is 5.67. The Morgan fingerprint density at radius 1 is 1.19 bits per heavy atom. The van der Waals surface area contributed by atoms with E-state index in [-0.39, 0.29) is 11.1 Å². The number of hydrogen-bond acceptors (Lipinski definition) is 6. The molecule has 0 spiro atoms. The van der Waals surface area contributed by atoms with Crippen LogP contribution in [0.4, 0.5) is 0 Å². The van der Waals surface area contributed by atoms with Gasteiger partial charge in [-0.3, -0.25) is 4.79 Å². The lowest BCUT2D eigenvalue weighted by atomic mass is 10.2. The summed E-state index contributed by atoms with van der Waals surface area (Å²) >= 11 is 1.56. The van der Waals surface area contributed by atoms with Crippen LogP contribution in [0.2, 0.25) is 0 Å². The average molecular weight is 367 g/mol. The van der Waals surface area contributed by atoms with Crippen LogP contribution in [0.1, 0.15) is 30.9 Å². The number of aromatic amines is 1. The highest BCUT2D eigenvalue weighted by molar-refractivity contribution is 7.98. The number of H-pyrrole nitrogens is 1. The Bertz CT molecular complexity index is 1160. The zero-order valence-corrected chi connectivity index (χ0v) is 14.9. The van der Waals surface area contributed by atoms with Crippen molar-refractivity contribution in [1.82, 2.24) is 24.7 Å². The summed E-state index contributed by atoms with van der Waals surface area (Å²) in [7, 11) is 0. The first-order chi connectivity index (χ1) is 12.8. The summed E-state index contributed by atoms with van der Waals surface area (Å²) < 4.78 is 7.83. The Morgan fingerprint density at radius 3 is 3.08 bits per heavy atom. The van der Waals surface area contributed by atoms with Crippen LogP contribution >= 0.6 is 11.8 Å². The Hall–Kier alpha value is -2.61. The summed E-state index contributed by atoms with van der Waals surface area (Å²) in [5, 5.41) is 10.4. The predicted molar refractivity (Wildman–Crippen MR) is 99.3 cm³/mol. The summed E-state index contributed by atoms with van der Waals surface area (Å²) in [5.41, 5.74) is 1.31. The van der Waals surface area contributed by atoms with Gasteiger partial charge >= 0.3 is 0 Å². The first kappa shape index (κ1) is 15.6. The quantitative estimate of drug-likeness (QED) is 0.559. The Labute approximate surface area is 152 Å². The Morgan fingerprint density at radius 2 is 2.12 bits per heavy atom. The van der Waals surface area contributed by atoms with Crippen LogP contribution in [0.25, 0.3) is 22.1 Å². The maximum Gasteiger partial charge on any atom is 0.294 e. The van der Waals surface area contributed by atoms with Crippen molar-refractivity contribution in [2.45, 2.75) is 43.1 Å². The zero-order chi connectivity index (χ0) is 17.5. The molecule has 8 heteroatoms. The minimum absolute atomic E-state index is 0.248. The number of para-hydroxylation sites is 1. The van der Waals surface area contributed by atoms with Crippen molar-refractivity contribution in [1.29, 1.82) is 0 Å². The second-order valence-corrected chi connectivity index (χ2v) is 7.38. The molecule has 1 aromatic carbocycles. The van der Waals surface area contributed by atoms with E-state index in [1.807, 2.05) is 24.3 Å². The first-order valence-corrected chi connectivity index (χ1v) is 9.73. The lowest BCUT2D eigenvalue weighted by molar-refractivity contribution is 0.591. The van der Waals surface area contributed by atoms with E-state index in [0.29, 0.717) is 22.7 Å². The van der Waals surface area contributed by atoms with Gasteiger partial charge in [-0.2, -0.15) is 0 Å². The molecular weight excluding hydrogens is 350 g/mol. The second kappa shape index (κ2) is 6.28. The third-order valence-electron chi connectivity index (χ3n) is 4.69. The van der Waals surface area contributed by atoms with E-state index in [9.17, 15) is 4.79 Å². The number of thioether (sulfide) groups is 1. The third kappa shape index (κ3) is 2.61. The lowest BCUT2D eigenvalue weighted by Gasteiger charge is -2.06. The molecule has 0 aliphatic carbocycles. The van der Waals surface area contributed by atoms with Crippen LogP contribution in [0.3, 0.4) is 0 Å². The van der Waals surface area contributed by atoms with E-state index in [2.05, 4.69) is 24.7 Å². The fourth-order valence-electron chi connectivity index (χ4n) is 3.41. The zero-order valence-electron chi connectivity index (χ0n) is 14.1. The maximum atomic E-state index is 12.4. The summed E-state index contributed by atoms with van der Waals surface area (Å²) in [6.07, 6.45) is 4.53. The molecule has 26 heavy (non-hydrogen) atoms. The lowest BCUT2D eigenvalue weighted by Crippen LogP contribution is -2.10. The molecule has 1 aliphatic heterocycles. The largest absolute Gasteiger partial charge is 0.449 e. The highest BCUT2D eigenvalue weighted by atomic mass is 32.2. The average Bonchev–Trinajstić information content (AvgIpc) is 3.13. The molecule has 0 radical (unpaired) electrons. The minimum Gasteiger partial charge on any atom is -0.449 e. The van der Waals surface area contributed by atoms with Crippen molar-refractivity contribution in [3.8, 4) is 0 Å². The highest BCUT2D eigenvalue weighted by Crippen LogP contribution is 2.27. The number of nitrogens with one attached hydrogen (secondary N) is 1. The van der Waals surface area contributed by atoms with Gasteiger partial charge in [-0.15, -0.1) is 10.2 Å². The second-order valence-electron chi connectivity index (χ2n) is 6.44. The van der Waals surface area contributed by atoms with Crippen molar-refractivity contribution >= 4 is 33.8 Å². The molecule has 0 unspecified atom stereocenters. The van der Waals surface area contributed by atoms with E-state index in [1.54, 1.807) is 11.8 Å². The van der Waals surface area contributed by atoms with Crippen molar-refractivity contribution < 1.29 is 4.42 Å². The summed E-state index contributed by atoms with van der Waals surface area (Å²) in [6, 6.07) is 7.56. The first-order valence-electron chi connectivity index (χ1n) is 8.75. The molecule has 4 aromatic rings. The number of fused-ring (bicyclic) bond motifs is 4. The van der Waals surface area contributed by atoms with Crippen molar-refractivity contribution in [2.24, 2.45) is 0 Å². The van der Waals surface area contributed by atoms with Crippen molar-refractivity contribution in [3.05, 3.63) is 46.3 Å². The number of nitrogens with zero attached hydrogens (tertiary/aromatic N) is 4. The standard InChI is InChI=1S/C18H17N5O2S/c24-17-16-15(11-6-3-4-7-12(11)25-16)19-13(20-17)10-26-18-22-21-14-8-2-1-5-9-23(14)18/h3-4,6-7H,1-2,5,8-10H2,(H,19,20,24). The van der Waals surface area contributed by atoms with E-state index in [4.69, 9.17) is 4.42 Å². The Balaban J connectivity index is 1.48. The molecule has 4 heterocycles. The molecular formula is C18H17N5O2S. The van der Waals surface area contributed by atoms with Gasteiger partial charge in [0.15, 0.2) is 5.16 Å². The van der Waals surface area contributed by atoms with Gasteiger partial charge in [0.05, 0.1) is 5.75 Å². The smallest absolute Gasteiger partial charge is 0.294 e. The number of furan rings is 1. The molecule has 0 bridgehead atoms. The molecule has 3 aromatic heterocycles. The monoisotopic (exact) mass is 367 g/mol. The molecule has 1 N–H and O–H groups in total. The minimum atomic E-state index is -0.248. The van der Waals surface area contributed by atoms with Gasteiger partial charge < -0.3 is 14.0 Å². The van der Waals surface area contributed by atoms with Crippen molar-refractivity contribution in [3.63, 3.8) is 0 Å². The molecule has 7 nitrogen and oxygen atoms in total. The maximum absolute atomic E-state index is 12.4. The fourth-order valence-corrected chi connectivity index (χ4v) is 4.27. The van der Waals surface area contributed by atoms with E-state index in [0.717, 1.165) is 35.8 Å². The molecule has 0 amide bonds. The number of rotatable bonds is 3. The van der Waals surface area contributed by atoms with Crippen LogP contribution in [-0.2, 0) is 18.7 Å². The summed E-state index contributed by atoms with van der Waals surface area (Å²) in [4.78, 5) is 19.8. The fraction of sp³-hybridized carbons (Fsp3) is 0.333. The number of hydrogen-bond donors (Lipinski definition) is 1. The molecule has 0 atom stereocenters. The topological polar surface area (TPSA) is 89.6 Å². The normalized spacial score (nSPS) is 14.6. The predicted octanol–water partition coefficient (Wildman–Crippen LogP) is 3.28. The summed E-state index contributed by atoms with van der Waals surface area (Å²) in [5.74, 6) is 2.20. The molecule has 0 saturated heterocycles. The van der Waals surface area contributed by atoms with E-state index >= 15 is 0 Å².